The molecule has 0 saturated carbocycles. The molecule has 1 aliphatic carbocycles. The zero-order valence-corrected chi connectivity index (χ0v) is 8.86. The monoisotopic (exact) mass is 213 g/mol. The van der Waals surface area contributed by atoms with Gasteiger partial charge in [0.25, 0.3) is 0 Å². The van der Waals surface area contributed by atoms with Crippen LogP contribution in [0.15, 0.2) is 30.3 Å². The van der Waals surface area contributed by atoms with E-state index in [1.54, 1.807) is 0 Å². The van der Waals surface area contributed by atoms with Gasteiger partial charge in [0.05, 0.1) is 7.11 Å². The van der Waals surface area contributed by atoms with Gasteiger partial charge in [0.2, 0.25) is 0 Å². The van der Waals surface area contributed by atoms with Crippen LogP contribution in [0.1, 0.15) is 17.2 Å². The summed E-state index contributed by atoms with van der Waals surface area (Å²) in [4.78, 5) is 14.9. The zero-order chi connectivity index (χ0) is 11.1. The summed E-state index contributed by atoms with van der Waals surface area (Å²) in [6.45, 7) is 0. The maximum absolute atomic E-state index is 11.6. The van der Waals surface area contributed by atoms with E-state index in [0.717, 1.165) is 22.2 Å². The summed E-state index contributed by atoms with van der Waals surface area (Å²) >= 11 is 0. The highest BCUT2D eigenvalue weighted by molar-refractivity contribution is 5.97. The van der Waals surface area contributed by atoms with Gasteiger partial charge in [-0.1, -0.05) is 24.3 Å². The molecule has 0 spiro atoms. The van der Waals surface area contributed by atoms with Crippen LogP contribution < -0.4 is 0 Å². The highest BCUT2D eigenvalue weighted by Crippen LogP contribution is 2.36. The first kappa shape index (κ1) is 9.21. The number of hydrogen-bond acceptors (Lipinski definition) is 2. The van der Waals surface area contributed by atoms with Crippen LogP contribution in [0.2, 0.25) is 0 Å². The average molecular weight is 213 g/mol. The molecule has 1 aromatic carbocycles. The first-order valence-electron chi connectivity index (χ1n) is 5.18. The Morgan fingerprint density at radius 2 is 2.19 bits per heavy atom. The number of carbonyl (C=O) groups is 1. The number of ether oxygens (including phenoxy) is 1. The number of aromatic amines is 1. The Labute approximate surface area is 92.7 Å². The Morgan fingerprint density at radius 3 is 3.00 bits per heavy atom. The maximum atomic E-state index is 11.6. The number of carbonyl (C=O) groups excluding carboxylic acids is 1. The van der Waals surface area contributed by atoms with Gasteiger partial charge in [-0.3, -0.25) is 4.79 Å². The smallest absolute Gasteiger partial charge is 0.317 e. The fourth-order valence-corrected chi connectivity index (χ4v) is 2.26. The van der Waals surface area contributed by atoms with Crippen LogP contribution in [0, 0.1) is 0 Å². The number of methoxy groups -OCH3 is 1. The molecule has 1 aromatic heterocycles. The SMILES string of the molecule is COC(=O)C1C=Cc2[nH]c3ccccc3c21. The van der Waals surface area contributed by atoms with Crippen molar-refractivity contribution in [1.29, 1.82) is 0 Å². The predicted octanol–water partition coefficient (Wildman–Crippen LogP) is 2.45. The van der Waals surface area contributed by atoms with Crippen molar-refractivity contribution in [3.05, 3.63) is 41.6 Å². The largest absolute Gasteiger partial charge is 0.468 e. The predicted molar refractivity (Wildman–Crippen MR) is 62.1 cm³/mol. The number of hydrogen-bond donors (Lipinski definition) is 1. The molecule has 1 atom stereocenters. The molecule has 1 heterocycles. The van der Waals surface area contributed by atoms with E-state index in [4.69, 9.17) is 4.74 Å². The molecule has 3 nitrogen and oxygen atoms in total. The molecule has 0 amide bonds. The summed E-state index contributed by atoms with van der Waals surface area (Å²) in [7, 11) is 1.42. The molecule has 3 rings (SSSR count). The molecule has 0 fully saturated rings. The van der Waals surface area contributed by atoms with Crippen LogP contribution in [0.4, 0.5) is 0 Å². The lowest BCUT2D eigenvalue weighted by Crippen LogP contribution is -2.10. The van der Waals surface area contributed by atoms with E-state index < -0.39 is 0 Å². The van der Waals surface area contributed by atoms with Crippen LogP contribution in [0.5, 0.6) is 0 Å². The fourth-order valence-electron chi connectivity index (χ4n) is 2.26. The summed E-state index contributed by atoms with van der Waals surface area (Å²) in [6, 6.07) is 7.98. The second-order valence-corrected chi connectivity index (χ2v) is 3.86. The Bertz CT molecular complexity index is 595. The number of para-hydroxylation sites is 1. The van der Waals surface area contributed by atoms with Crippen LogP contribution >= 0.6 is 0 Å². The number of fused-ring (bicyclic) bond motifs is 3. The van der Waals surface area contributed by atoms with Gasteiger partial charge in [-0.05, 0) is 12.1 Å². The lowest BCUT2D eigenvalue weighted by atomic mass is 10.0. The average Bonchev–Trinajstić information content (AvgIpc) is 2.86. The molecule has 3 heteroatoms. The van der Waals surface area contributed by atoms with E-state index >= 15 is 0 Å². The van der Waals surface area contributed by atoms with Gasteiger partial charge in [-0.15, -0.1) is 0 Å². The molecule has 2 aromatic rings. The summed E-state index contributed by atoms with van der Waals surface area (Å²) in [5.74, 6) is -0.476. The molecule has 0 bridgehead atoms. The Hall–Kier alpha value is -2.03. The van der Waals surface area contributed by atoms with Crippen molar-refractivity contribution in [1.82, 2.24) is 4.98 Å². The molecular weight excluding hydrogens is 202 g/mol. The molecule has 0 aliphatic heterocycles. The van der Waals surface area contributed by atoms with Crippen LogP contribution in [0.3, 0.4) is 0 Å². The number of benzene rings is 1. The second-order valence-electron chi connectivity index (χ2n) is 3.86. The van der Waals surface area contributed by atoms with Gasteiger partial charge >= 0.3 is 5.97 Å². The number of nitrogens with one attached hydrogen (secondary N) is 1. The molecule has 1 N–H and O–H groups in total. The van der Waals surface area contributed by atoms with Crippen molar-refractivity contribution in [3.8, 4) is 0 Å². The summed E-state index contributed by atoms with van der Waals surface area (Å²) in [5.41, 5.74) is 3.10. The van der Waals surface area contributed by atoms with Gasteiger partial charge < -0.3 is 9.72 Å². The molecule has 0 saturated heterocycles. The third-order valence-electron chi connectivity index (χ3n) is 3.00. The number of esters is 1. The molecule has 1 unspecified atom stereocenters. The summed E-state index contributed by atoms with van der Waals surface area (Å²) in [6.07, 6.45) is 3.82. The normalized spacial score (nSPS) is 17.7. The van der Waals surface area contributed by atoms with Crippen LogP contribution in [-0.2, 0) is 9.53 Å². The van der Waals surface area contributed by atoms with E-state index in [1.165, 1.54) is 7.11 Å². The fraction of sp³-hybridized carbons (Fsp3) is 0.154. The number of aromatic nitrogens is 1. The second kappa shape index (κ2) is 3.23. The van der Waals surface area contributed by atoms with Crippen LogP contribution in [0.25, 0.3) is 17.0 Å². The van der Waals surface area contributed by atoms with E-state index in [9.17, 15) is 4.79 Å². The van der Waals surface area contributed by atoms with Crippen molar-refractivity contribution in [2.45, 2.75) is 5.92 Å². The Kier molecular flexibility index (Phi) is 1.86. The van der Waals surface area contributed by atoms with Gasteiger partial charge in [0.15, 0.2) is 0 Å². The Balaban J connectivity index is 2.23. The molecule has 80 valence electrons. The Morgan fingerprint density at radius 1 is 1.38 bits per heavy atom. The quantitative estimate of drug-likeness (QED) is 0.739. The molecule has 1 aliphatic rings. The first-order chi connectivity index (χ1) is 7.81. The highest BCUT2D eigenvalue weighted by Gasteiger charge is 2.28. The zero-order valence-electron chi connectivity index (χ0n) is 8.86. The van der Waals surface area contributed by atoms with Gasteiger partial charge in [0.1, 0.15) is 5.92 Å². The van der Waals surface area contributed by atoms with Crippen LogP contribution in [-0.4, -0.2) is 18.1 Å². The van der Waals surface area contributed by atoms with Crippen molar-refractivity contribution in [3.63, 3.8) is 0 Å². The van der Waals surface area contributed by atoms with Gasteiger partial charge in [0, 0.05) is 22.2 Å². The minimum Gasteiger partial charge on any atom is -0.468 e. The van der Waals surface area contributed by atoms with Crippen molar-refractivity contribution >= 4 is 22.9 Å². The van der Waals surface area contributed by atoms with Gasteiger partial charge in [-0.25, -0.2) is 0 Å². The molecule has 16 heavy (non-hydrogen) atoms. The molecule has 0 radical (unpaired) electrons. The van der Waals surface area contributed by atoms with E-state index in [-0.39, 0.29) is 11.9 Å². The number of rotatable bonds is 1. The molecular formula is C13H11NO2. The van der Waals surface area contributed by atoms with E-state index in [2.05, 4.69) is 4.98 Å². The standard InChI is InChI=1S/C13H11NO2/c1-16-13(15)9-6-7-11-12(9)8-4-2-3-5-10(8)14-11/h2-7,9,14H,1H3. The third-order valence-corrected chi connectivity index (χ3v) is 3.00. The minimum atomic E-state index is -0.267. The van der Waals surface area contributed by atoms with E-state index in [1.807, 2.05) is 36.4 Å². The lowest BCUT2D eigenvalue weighted by Gasteiger charge is -2.06. The number of H-pyrrole nitrogens is 1. The van der Waals surface area contributed by atoms with E-state index in [0.29, 0.717) is 0 Å². The summed E-state index contributed by atoms with van der Waals surface area (Å²) in [5, 5.41) is 1.10. The van der Waals surface area contributed by atoms with Gasteiger partial charge in [-0.2, -0.15) is 0 Å². The third kappa shape index (κ3) is 1.11. The van der Waals surface area contributed by atoms with Crippen molar-refractivity contribution in [2.24, 2.45) is 0 Å². The summed E-state index contributed by atoms with van der Waals surface area (Å²) < 4.78 is 4.81. The highest BCUT2D eigenvalue weighted by atomic mass is 16.5. The topological polar surface area (TPSA) is 42.1 Å². The lowest BCUT2D eigenvalue weighted by molar-refractivity contribution is -0.141. The van der Waals surface area contributed by atoms with Crippen molar-refractivity contribution in [2.75, 3.05) is 7.11 Å². The van der Waals surface area contributed by atoms with Crippen molar-refractivity contribution < 1.29 is 9.53 Å². The maximum Gasteiger partial charge on any atom is 0.317 e. The first-order valence-corrected chi connectivity index (χ1v) is 5.18. The minimum absolute atomic E-state index is 0.209.